The number of hydrogen-bond donors (Lipinski definition) is 0. The van der Waals surface area contributed by atoms with Crippen molar-refractivity contribution in [1.82, 2.24) is 9.13 Å². The molecule has 0 saturated heterocycles. The molecule has 14 rings (SSSR count). The first-order valence-corrected chi connectivity index (χ1v) is 22.6. The average Bonchev–Trinajstić information content (AvgIpc) is 4.00. The van der Waals surface area contributed by atoms with E-state index in [9.17, 15) is 0 Å². The van der Waals surface area contributed by atoms with Crippen molar-refractivity contribution in [1.29, 1.82) is 0 Å². The molecule has 0 radical (unpaired) electrons. The molecule has 11 aromatic carbocycles. The second-order valence-corrected chi connectivity index (χ2v) is 17.6. The standard InChI is InChI=1S/C63H40N2/c1-3-19-47(20-4-1)63(48-21-5-2-6-22-48)56-25-13-11-24-53(56)61-57(63)34-33-52-55-40-46(30-36-60(55)65(62(52)61)50-32-28-42-16-8-10-18-44(42)38-50)45-29-35-59-54(39-45)51-23-12-14-26-58(51)64(59)49-31-27-41-15-7-9-17-43(41)37-49/h1-40H. The van der Waals surface area contributed by atoms with Crippen LogP contribution in [0.3, 0.4) is 0 Å². The Hall–Kier alpha value is -8.46. The number of aromatic nitrogens is 2. The summed E-state index contributed by atoms with van der Waals surface area (Å²) < 4.78 is 4.97. The smallest absolute Gasteiger partial charge is 0.0714 e. The summed E-state index contributed by atoms with van der Waals surface area (Å²) in [5.74, 6) is 0. The Bertz CT molecular complexity index is 4020. The fourth-order valence-corrected chi connectivity index (χ4v) is 11.5. The predicted molar refractivity (Wildman–Crippen MR) is 273 cm³/mol. The highest BCUT2D eigenvalue weighted by atomic mass is 15.0. The number of nitrogens with zero attached hydrogens (tertiary/aromatic N) is 2. The molecule has 0 aliphatic heterocycles. The Labute approximate surface area is 376 Å². The molecular weight excluding hydrogens is 785 g/mol. The first-order chi connectivity index (χ1) is 32.2. The second-order valence-electron chi connectivity index (χ2n) is 17.6. The van der Waals surface area contributed by atoms with Crippen LogP contribution >= 0.6 is 0 Å². The lowest BCUT2D eigenvalue weighted by Crippen LogP contribution is -2.28. The SMILES string of the molecule is c1ccc(C2(c3ccccc3)c3ccccc3-c3c2ccc2c4cc(-c5ccc6c(c5)c5ccccc5n6-c5ccc6ccccc6c5)ccc4n(-c4ccc5ccccc5c4)c32)cc1. The Morgan fingerprint density at radius 2 is 0.800 bits per heavy atom. The van der Waals surface area contributed by atoms with E-state index in [0.29, 0.717) is 0 Å². The highest BCUT2D eigenvalue weighted by molar-refractivity contribution is 6.17. The van der Waals surface area contributed by atoms with Crippen LogP contribution in [0, 0.1) is 0 Å². The zero-order valence-electron chi connectivity index (χ0n) is 35.5. The van der Waals surface area contributed by atoms with Crippen LogP contribution in [0.25, 0.3) is 98.8 Å². The van der Waals surface area contributed by atoms with E-state index < -0.39 is 5.41 Å². The minimum atomic E-state index is -0.500. The Kier molecular flexibility index (Phi) is 7.64. The van der Waals surface area contributed by atoms with Gasteiger partial charge in [-0.2, -0.15) is 0 Å². The molecule has 2 nitrogen and oxygen atoms in total. The van der Waals surface area contributed by atoms with E-state index >= 15 is 0 Å². The Morgan fingerprint density at radius 3 is 1.46 bits per heavy atom. The molecule has 0 saturated carbocycles. The van der Waals surface area contributed by atoms with E-state index in [-0.39, 0.29) is 0 Å². The summed E-state index contributed by atoms with van der Waals surface area (Å²) in [5.41, 5.74) is 16.8. The number of rotatable bonds is 5. The van der Waals surface area contributed by atoms with Gasteiger partial charge in [0.25, 0.3) is 0 Å². The van der Waals surface area contributed by atoms with Crippen LogP contribution in [0.1, 0.15) is 22.3 Å². The van der Waals surface area contributed by atoms with Gasteiger partial charge < -0.3 is 9.13 Å². The van der Waals surface area contributed by atoms with Crippen molar-refractivity contribution < 1.29 is 0 Å². The zero-order chi connectivity index (χ0) is 42.6. The van der Waals surface area contributed by atoms with E-state index in [1.54, 1.807) is 0 Å². The molecule has 2 aromatic heterocycles. The molecule has 13 aromatic rings. The lowest BCUT2D eigenvalue weighted by molar-refractivity contribution is 0.769. The molecule has 0 unspecified atom stereocenters. The van der Waals surface area contributed by atoms with E-state index in [1.165, 1.54) is 115 Å². The molecular formula is C63H40N2. The van der Waals surface area contributed by atoms with Crippen LogP contribution in [0.2, 0.25) is 0 Å². The first kappa shape index (κ1) is 36.1. The van der Waals surface area contributed by atoms with E-state index in [2.05, 4.69) is 252 Å². The molecule has 0 N–H and O–H groups in total. The average molecular weight is 825 g/mol. The minimum absolute atomic E-state index is 0.500. The third-order valence-electron chi connectivity index (χ3n) is 14.3. The molecule has 0 spiro atoms. The Balaban J connectivity index is 1.04. The topological polar surface area (TPSA) is 9.86 Å². The van der Waals surface area contributed by atoms with Crippen molar-refractivity contribution in [3.8, 4) is 33.6 Å². The first-order valence-electron chi connectivity index (χ1n) is 22.6. The zero-order valence-corrected chi connectivity index (χ0v) is 35.5. The van der Waals surface area contributed by atoms with Gasteiger partial charge in [-0.25, -0.2) is 0 Å². The van der Waals surface area contributed by atoms with Crippen LogP contribution in [-0.4, -0.2) is 9.13 Å². The predicted octanol–water partition coefficient (Wildman–Crippen LogP) is 16.2. The largest absolute Gasteiger partial charge is 0.309 e. The fraction of sp³-hybridized carbons (Fsp3) is 0.0159. The summed E-state index contributed by atoms with van der Waals surface area (Å²) in [5, 5.41) is 9.93. The number of para-hydroxylation sites is 1. The van der Waals surface area contributed by atoms with Crippen molar-refractivity contribution in [3.05, 3.63) is 265 Å². The van der Waals surface area contributed by atoms with Crippen LogP contribution in [0.15, 0.2) is 243 Å². The maximum absolute atomic E-state index is 2.54. The van der Waals surface area contributed by atoms with Crippen molar-refractivity contribution >= 4 is 65.2 Å². The van der Waals surface area contributed by atoms with Gasteiger partial charge >= 0.3 is 0 Å². The van der Waals surface area contributed by atoms with Crippen LogP contribution in [0.4, 0.5) is 0 Å². The lowest BCUT2D eigenvalue weighted by Gasteiger charge is -2.33. The van der Waals surface area contributed by atoms with Gasteiger partial charge in [0.1, 0.15) is 0 Å². The molecule has 0 atom stereocenters. The van der Waals surface area contributed by atoms with Gasteiger partial charge in [-0.1, -0.05) is 188 Å². The number of benzene rings is 11. The lowest BCUT2D eigenvalue weighted by atomic mass is 9.67. The van der Waals surface area contributed by atoms with Gasteiger partial charge in [0.05, 0.1) is 27.5 Å². The van der Waals surface area contributed by atoms with E-state index in [1.807, 2.05) is 0 Å². The summed E-state index contributed by atoms with van der Waals surface area (Å²) in [6, 6.07) is 90.2. The van der Waals surface area contributed by atoms with Crippen molar-refractivity contribution in [2.75, 3.05) is 0 Å². The summed E-state index contributed by atoms with van der Waals surface area (Å²) in [6.07, 6.45) is 0. The van der Waals surface area contributed by atoms with E-state index in [0.717, 1.165) is 5.69 Å². The molecule has 2 heteroatoms. The molecule has 302 valence electrons. The third kappa shape index (κ3) is 5.11. The Morgan fingerprint density at radius 1 is 0.292 bits per heavy atom. The van der Waals surface area contributed by atoms with Crippen molar-refractivity contribution in [2.24, 2.45) is 0 Å². The molecule has 1 aliphatic rings. The summed E-state index contributed by atoms with van der Waals surface area (Å²) in [7, 11) is 0. The molecule has 2 heterocycles. The molecule has 0 bridgehead atoms. The maximum Gasteiger partial charge on any atom is 0.0714 e. The molecule has 0 fully saturated rings. The van der Waals surface area contributed by atoms with Crippen LogP contribution in [0.5, 0.6) is 0 Å². The van der Waals surface area contributed by atoms with Crippen molar-refractivity contribution in [2.45, 2.75) is 5.41 Å². The maximum atomic E-state index is 2.54. The summed E-state index contributed by atoms with van der Waals surface area (Å²) in [6.45, 7) is 0. The molecule has 1 aliphatic carbocycles. The van der Waals surface area contributed by atoms with Gasteiger partial charge in [0, 0.05) is 38.5 Å². The number of hydrogen-bond acceptors (Lipinski definition) is 0. The molecule has 65 heavy (non-hydrogen) atoms. The van der Waals surface area contributed by atoms with Crippen LogP contribution in [-0.2, 0) is 5.41 Å². The summed E-state index contributed by atoms with van der Waals surface area (Å²) in [4.78, 5) is 0. The monoisotopic (exact) mass is 824 g/mol. The summed E-state index contributed by atoms with van der Waals surface area (Å²) >= 11 is 0. The fourth-order valence-electron chi connectivity index (χ4n) is 11.5. The highest BCUT2D eigenvalue weighted by Crippen LogP contribution is 2.58. The van der Waals surface area contributed by atoms with Gasteiger partial charge in [-0.15, -0.1) is 0 Å². The molecule has 0 amide bonds. The quantitative estimate of drug-likeness (QED) is 0.164. The van der Waals surface area contributed by atoms with Crippen molar-refractivity contribution in [3.63, 3.8) is 0 Å². The number of fused-ring (bicyclic) bond motifs is 12. The van der Waals surface area contributed by atoms with Gasteiger partial charge in [-0.3, -0.25) is 0 Å². The van der Waals surface area contributed by atoms with Gasteiger partial charge in [0.2, 0.25) is 0 Å². The van der Waals surface area contributed by atoms with Gasteiger partial charge in [-0.05, 0) is 115 Å². The minimum Gasteiger partial charge on any atom is -0.309 e. The normalized spacial score (nSPS) is 13.0. The van der Waals surface area contributed by atoms with E-state index in [4.69, 9.17) is 0 Å². The highest BCUT2D eigenvalue weighted by Gasteiger charge is 2.47. The van der Waals surface area contributed by atoms with Gasteiger partial charge in [0.15, 0.2) is 0 Å². The van der Waals surface area contributed by atoms with Crippen LogP contribution < -0.4 is 0 Å². The third-order valence-corrected chi connectivity index (χ3v) is 14.3. The second kappa shape index (κ2) is 13.8.